The molecule has 10 nitrogen and oxygen atoms in total. The summed E-state index contributed by atoms with van der Waals surface area (Å²) in [4.78, 5) is 26.7. The van der Waals surface area contributed by atoms with E-state index in [1.807, 2.05) is 16.7 Å². The van der Waals surface area contributed by atoms with Gasteiger partial charge in [-0.3, -0.25) is 14.6 Å². The van der Waals surface area contributed by atoms with Crippen molar-refractivity contribution in [2.75, 3.05) is 44.6 Å². The average molecular weight is 641 g/mol. The van der Waals surface area contributed by atoms with Crippen molar-refractivity contribution in [2.45, 2.75) is 57.5 Å². The molecule has 0 radical (unpaired) electrons. The van der Waals surface area contributed by atoms with Crippen LogP contribution in [0.4, 0.5) is 19.0 Å². The molecule has 2 aliphatic heterocycles. The second-order valence-electron chi connectivity index (χ2n) is 12.0. The largest absolute Gasteiger partial charge is 0.508 e. The first-order valence-electron chi connectivity index (χ1n) is 15.1. The van der Waals surface area contributed by atoms with Gasteiger partial charge in [0.25, 0.3) is 0 Å². The number of likely N-dealkylation sites (tertiary alicyclic amines) is 1. The number of phenols is 1. The molecule has 0 spiro atoms. The lowest BCUT2D eigenvalue weighted by atomic mass is 10.0. The lowest BCUT2D eigenvalue weighted by Gasteiger charge is -2.36. The predicted octanol–water partition coefficient (Wildman–Crippen LogP) is 4.57. The van der Waals surface area contributed by atoms with E-state index in [0.29, 0.717) is 47.9 Å². The van der Waals surface area contributed by atoms with E-state index in [2.05, 4.69) is 38.1 Å². The minimum atomic E-state index is -4.27. The third-order valence-electron chi connectivity index (χ3n) is 8.86. The monoisotopic (exact) mass is 640 g/mol. The van der Waals surface area contributed by atoms with E-state index in [0.717, 1.165) is 73.2 Å². The maximum Gasteiger partial charge on any atom is 0.393 e. The first kappa shape index (κ1) is 31.1. The van der Waals surface area contributed by atoms with Gasteiger partial charge in [0.1, 0.15) is 34.5 Å². The molecule has 238 valence electrons. The number of thiophene rings is 1. The third-order valence-corrected chi connectivity index (χ3v) is 9.90. The second kappa shape index (κ2) is 12.8. The van der Waals surface area contributed by atoms with Crippen molar-refractivity contribution in [1.29, 1.82) is 5.26 Å². The Hall–Kier alpha value is -3.93. The van der Waals surface area contributed by atoms with E-state index in [-0.39, 0.29) is 22.7 Å². The van der Waals surface area contributed by atoms with E-state index in [1.54, 1.807) is 11.0 Å². The van der Waals surface area contributed by atoms with E-state index in [9.17, 15) is 28.3 Å². The minimum Gasteiger partial charge on any atom is -0.508 e. The molecule has 2 N–H and O–H groups in total. The second-order valence-corrected chi connectivity index (χ2v) is 13.1. The number of halogens is 3. The van der Waals surface area contributed by atoms with Crippen molar-refractivity contribution in [1.82, 2.24) is 29.2 Å². The average Bonchev–Trinajstić information content (AvgIpc) is 3.57. The number of aromatic hydroxyl groups is 1. The Morgan fingerprint density at radius 3 is 2.58 bits per heavy atom. The lowest BCUT2D eigenvalue weighted by Crippen LogP contribution is -2.50. The number of amides is 1. The molecule has 0 unspecified atom stereocenters. The summed E-state index contributed by atoms with van der Waals surface area (Å²) >= 11 is 1.04. The molecule has 1 amide bonds. The molecule has 0 bridgehead atoms. The molecule has 5 heterocycles. The molecule has 45 heavy (non-hydrogen) atoms. The van der Waals surface area contributed by atoms with Gasteiger partial charge in [0, 0.05) is 86.3 Å². The van der Waals surface area contributed by atoms with Crippen molar-refractivity contribution in [3.63, 3.8) is 0 Å². The Morgan fingerprint density at radius 2 is 1.89 bits per heavy atom. The lowest BCUT2D eigenvalue weighted by molar-refractivity contribution is -0.126. The number of phenolic OH excluding ortho intramolecular Hbond substituents is 1. The summed E-state index contributed by atoms with van der Waals surface area (Å²) in [5.41, 5.74) is 2.15. The zero-order valence-electron chi connectivity index (χ0n) is 24.9. The number of nitrogens with zero attached hydrogens (tertiary/aromatic N) is 7. The topological polar surface area (TPSA) is 114 Å². The van der Waals surface area contributed by atoms with Crippen molar-refractivity contribution in [2.24, 2.45) is 0 Å². The summed E-state index contributed by atoms with van der Waals surface area (Å²) in [6.45, 7) is 7.75. The first-order valence-corrected chi connectivity index (χ1v) is 15.9. The van der Waals surface area contributed by atoms with Gasteiger partial charge in [-0.15, -0.1) is 11.3 Å². The number of benzene rings is 1. The molecular formula is C31H35F3N8O2S. The summed E-state index contributed by atoms with van der Waals surface area (Å²) in [6, 6.07) is 9.70. The van der Waals surface area contributed by atoms with E-state index < -0.39 is 12.6 Å². The number of carbonyl (C=O) groups is 1. The molecule has 2 fully saturated rings. The van der Waals surface area contributed by atoms with Crippen LogP contribution in [0.3, 0.4) is 0 Å². The Morgan fingerprint density at radius 1 is 1.13 bits per heavy atom. The first-order chi connectivity index (χ1) is 21.6. The molecule has 4 aromatic rings. The number of nitrogens with one attached hydrogen (secondary N) is 1. The Bertz CT molecular complexity index is 1720. The number of aromatic nitrogens is 3. The van der Waals surface area contributed by atoms with Crippen LogP contribution in [0.1, 0.15) is 35.9 Å². The number of piperazine rings is 1. The van der Waals surface area contributed by atoms with Gasteiger partial charge in [-0.1, -0.05) is 0 Å². The molecule has 6 rings (SSSR count). The van der Waals surface area contributed by atoms with Gasteiger partial charge in [-0.25, -0.2) is 9.97 Å². The van der Waals surface area contributed by atoms with Crippen LogP contribution in [0.2, 0.25) is 0 Å². The summed E-state index contributed by atoms with van der Waals surface area (Å²) in [7, 11) is 0. The van der Waals surface area contributed by atoms with Crippen LogP contribution in [0, 0.1) is 11.3 Å². The van der Waals surface area contributed by atoms with Crippen molar-refractivity contribution in [3.8, 4) is 11.8 Å². The number of fused-ring (bicyclic) bond motifs is 2. The maximum atomic E-state index is 12.9. The SMILES string of the molecule is C[C@@H](Cn1c(C#N)cc2cc(CN3CCC(Nc4ncnc5sc(CC(F)(F)F)cc45)CC3)c(O)cc21)N1CCN(C=O)CC1. The van der Waals surface area contributed by atoms with Crippen LogP contribution in [0.25, 0.3) is 21.1 Å². The highest BCUT2D eigenvalue weighted by Crippen LogP contribution is 2.34. The van der Waals surface area contributed by atoms with Gasteiger partial charge in [-0.05, 0) is 38.0 Å². The van der Waals surface area contributed by atoms with Crippen molar-refractivity contribution >= 4 is 44.7 Å². The van der Waals surface area contributed by atoms with Gasteiger partial charge in [0.2, 0.25) is 6.41 Å². The molecule has 1 aromatic carbocycles. The van der Waals surface area contributed by atoms with Crippen LogP contribution in [-0.2, 0) is 24.3 Å². The summed E-state index contributed by atoms with van der Waals surface area (Å²) < 4.78 is 40.7. The van der Waals surface area contributed by atoms with E-state index in [1.165, 1.54) is 12.4 Å². The number of nitriles is 1. The normalized spacial score (nSPS) is 18.0. The summed E-state index contributed by atoms with van der Waals surface area (Å²) in [6.07, 6.45) is -1.37. The van der Waals surface area contributed by atoms with Crippen LogP contribution >= 0.6 is 11.3 Å². The smallest absolute Gasteiger partial charge is 0.393 e. The van der Waals surface area contributed by atoms with Crippen molar-refractivity contribution in [3.05, 3.63) is 46.7 Å². The fraction of sp³-hybridized carbons (Fsp3) is 0.484. The number of anilines is 1. The number of alkyl halides is 3. The quantitative estimate of drug-likeness (QED) is 0.256. The highest BCUT2D eigenvalue weighted by atomic mass is 32.1. The fourth-order valence-corrected chi connectivity index (χ4v) is 7.43. The zero-order chi connectivity index (χ0) is 31.7. The zero-order valence-corrected chi connectivity index (χ0v) is 25.7. The van der Waals surface area contributed by atoms with Gasteiger partial charge in [0.05, 0.1) is 17.3 Å². The number of hydrogen-bond acceptors (Lipinski definition) is 9. The maximum absolute atomic E-state index is 12.9. The number of rotatable bonds is 9. The minimum absolute atomic E-state index is 0.108. The molecule has 2 aliphatic rings. The van der Waals surface area contributed by atoms with Crippen LogP contribution in [0.5, 0.6) is 5.75 Å². The van der Waals surface area contributed by atoms with Gasteiger partial charge < -0.3 is 19.9 Å². The molecule has 1 atom stereocenters. The number of piperidine rings is 1. The van der Waals surface area contributed by atoms with Crippen LogP contribution in [-0.4, -0.2) is 98.3 Å². The molecule has 2 saturated heterocycles. The Labute approximate surface area is 262 Å². The molecule has 0 saturated carbocycles. The van der Waals surface area contributed by atoms with Crippen LogP contribution < -0.4 is 5.32 Å². The summed E-state index contributed by atoms with van der Waals surface area (Å²) in [5.74, 6) is 0.746. The molecule has 14 heteroatoms. The summed E-state index contributed by atoms with van der Waals surface area (Å²) in [5, 5.41) is 25.9. The van der Waals surface area contributed by atoms with Gasteiger partial charge in [-0.2, -0.15) is 18.4 Å². The van der Waals surface area contributed by atoms with Crippen molar-refractivity contribution < 1.29 is 23.1 Å². The standard InChI is InChI=1S/C31H35F3N8O2S/c1-20(41-8-6-40(19-43)7-9-41)16-42-24(15-35)11-21-10-22(28(44)13-27(21)42)17-39-4-2-23(3-5-39)38-29-26-12-25(14-31(32,33)34)45-30(26)37-18-36-29/h10-13,18-20,23,44H,2-9,14,16-17H2,1H3,(H,36,37,38)/t20-/m0/s1. The predicted molar refractivity (Wildman–Crippen MR) is 166 cm³/mol. The number of carbonyl (C=O) groups excluding carboxylic acids is 1. The number of hydrogen-bond donors (Lipinski definition) is 2. The van der Waals surface area contributed by atoms with Crippen LogP contribution in [0.15, 0.2) is 30.6 Å². The molecule has 0 aliphatic carbocycles. The highest BCUT2D eigenvalue weighted by Gasteiger charge is 2.29. The van der Waals surface area contributed by atoms with Gasteiger partial charge >= 0.3 is 6.18 Å². The Balaban J connectivity index is 1.09. The Kier molecular flexibility index (Phi) is 8.85. The molecule has 3 aromatic heterocycles. The van der Waals surface area contributed by atoms with Gasteiger partial charge in [0.15, 0.2) is 0 Å². The fourth-order valence-electron chi connectivity index (χ4n) is 6.40. The highest BCUT2D eigenvalue weighted by molar-refractivity contribution is 7.18. The third kappa shape index (κ3) is 7.00. The van der Waals surface area contributed by atoms with E-state index in [4.69, 9.17) is 0 Å². The molecular weight excluding hydrogens is 605 g/mol. The van der Waals surface area contributed by atoms with E-state index >= 15 is 0 Å².